The molecule has 0 radical (unpaired) electrons. The summed E-state index contributed by atoms with van der Waals surface area (Å²) >= 11 is 0. The van der Waals surface area contributed by atoms with Crippen LogP contribution in [-0.4, -0.2) is 9.55 Å². The SMILES string of the molecule is Cc1ccc(-n2cc(F)c(N)nc2=O)cc1. The van der Waals surface area contributed by atoms with Crippen LogP contribution in [0, 0.1) is 12.7 Å². The van der Waals surface area contributed by atoms with Gasteiger partial charge in [-0.3, -0.25) is 4.57 Å². The zero-order valence-electron chi connectivity index (χ0n) is 8.64. The highest BCUT2D eigenvalue weighted by Crippen LogP contribution is 2.09. The van der Waals surface area contributed by atoms with Crippen molar-refractivity contribution in [1.29, 1.82) is 0 Å². The molecule has 0 atom stereocenters. The average molecular weight is 219 g/mol. The number of nitrogens with two attached hydrogens (primary N) is 1. The second-order valence-electron chi connectivity index (χ2n) is 3.46. The number of anilines is 1. The van der Waals surface area contributed by atoms with E-state index >= 15 is 0 Å². The molecule has 0 aliphatic heterocycles. The van der Waals surface area contributed by atoms with Gasteiger partial charge in [0.15, 0.2) is 11.6 Å². The molecule has 1 aromatic heterocycles. The second kappa shape index (κ2) is 3.77. The number of benzene rings is 1. The van der Waals surface area contributed by atoms with E-state index in [4.69, 9.17) is 5.73 Å². The molecule has 0 aliphatic carbocycles. The zero-order valence-corrected chi connectivity index (χ0v) is 8.64. The maximum atomic E-state index is 13.2. The van der Waals surface area contributed by atoms with Crippen LogP contribution in [0.15, 0.2) is 35.3 Å². The van der Waals surface area contributed by atoms with Gasteiger partial charge in [0.05, 0.1) is 11.9 Å². The maximum Gasteiger partial charge on any atom is 0.354 e. The Morgan fingerprint density at radius 3 is 2.56 bits per heavy atom. The first-order valence-corrected chi connectivity index (χ1v) is 4.69. The predicted octanol–water partition coefficient (Wildman–Crippen LogP) is 1.26. The first-order chi connectivity index (χ1) is 7.58. The standard InChI is InChI=1S/C11H10FN3O/c1-7-2-4-8(5-3-7)15-6-9(12)10(13)14-11(15)16/h2-6H,1H3,(H2,13,14,16). The molecule has 0 saturated heterocycles. The van der Waals surface area contributed by atoms with Gasteiger partial charge in [-0.25, -0.2) is 9.18 Å². The van der Waals surface area contributed by atoms with E-state index in [2.05, 4.69) is 4.98 Å². The van der Waals surface area contributed by atoms with Crippen LogP contribution >= 0.6 is 0 Å². The van der Waals surface area contributed by atoms with Gasteiger partial charge in [0, 0.05) is 0 Å². The van der Waals surface area contributed by atoms with E-state index in [0.29, 0.717) is 5.69 Å². The van der Waals surface area contributed by atoms with E-state index in [1.165, 1.54) is 0 Å². The van der Waals surface area contributed by atoms with Crippen molar-refractivity contribution in [2.75, 3.05) is 5.73 Å². The molecule has 2 rings (SSSR count). The van der Waals surface area contributed by atoms with Crippen molar-refractivity contribution in [3.05, 3.63) is 52.3 Å². The Labute approximate surface area is 91.2 Å². The molecule has 0 fully saturated rings. The van der Waals surface area contributed by atoms with Crippen molar-refractivity contribution in [2.45, 2.75) is 6.92 Å². The van der Waals surface area contributed by atoms with Gasteiger partial charge < -0.3 is 5.73 Å². The van der Waals surface area contributed by atoms with E-state index in [1.807, 2.05) is 19.1 Å². The van der Waals surface area contributed by atoms with Crippen molar-refractivity contribution in [1.82, 2.24) is 9.55 Å². The van der Waals surface area contributed by atoms with Crippen LogP contribution in [0.3, 0.4) is 0 Å². The lowest BCUT2D eigenvalue weighted by molar-refractivity contribution is 0.607. The smallest absolute Gasteiger partial charge is 0.354 e. The third-order valence-corrected chi connectivity index (χ3v) is 2.22. The van der Waals surface area contributed by atoms with Gasteiger partial charge in [-0.15, -0.1) is 0 Å². The molecule has 1 heterocycles. The normalized spacial score (nSPS) is 10.4. The van der Waals surface area contributed by atoms with Crippen LogP contribution in [-0.2, 0) is 0 Å². The van der Waals surface area contributed by atoms with Crippen LogP contribution in [0.4, 0.5) is 10.2 Å². The summed E-state index contributed by atoms with van der Waals surface area (Å²) in [6.45, 7) is 1.92. The fraction of sp³-hybridized carbons (Fsp3) is 0.0909. The molecule has 16 heavy (non-hydrogen) atoms. The molecular weight excluding hydrogens is 209 g/mol. The number of hydrogen-bond donors (Lipinski definition) is 1. The van der Waals surface area contributed by atoms with Crippen molar-refractivity contribution >= 4 is 5.82 Å². The van der Waals surface area contributed by atoms with Gasteiger partial charge in [-0.1, -0.05) is 17.7 Å². The summed E-state index contributed by atoms with van der Waals surface area (Å²) in [5.74, 6) is -1.09. The van der Waals surface area contributed by atoms with Crippen LogP contribution < -0.4 is 11.4 Å². The Balaban J connectivity index is 2.60. The molecule has 0 bridgehead atoms. The molecule has 2 N–H and O–H groups in total. The lowest BCUT2D eigenvalue weighted by atomic mass is 10.2. The molecule has 4 nitrogen and oxygen atoms in total. The van der Waals surface area contributed by atoms with Crippen molar-refractivity contribution in [3.8, 4) is 5.69 Å². The van der Waals surface area contributed by atoms with Gasteiger partial charge >= 0.3 is 5.69 Å². The molecule has 0 unspecified atom stereocenters. The Morgan fingerprint density at radius 1 is 1.31 bits per heavy atom. The summed E-state index contributed by atoms with van der Waals surface area (Å²) in [4.78, 5) is 14.9. The quantitative estimate of drug-likeness (QED) is 0.785. The van der Waals surface area contributed by atoms with Crippen LogP contribution in [0.1, 0.15) is 5.56 Å². The number of aryl methyl sites for hydroxylation is 1. The van der Waals surface area contributed by atoms with Crippen LogP contribution in [0.5, 0.6) is 0 Å². The van der Waals surface area contributed by atoms with Crippen molar-refractivity contribution in [2.24, 2.45) is 0 Å². The summed E-state index contributed by atoms with van der Waals surface area (Å²) < 4.78 is 14.3. The molecule has 2 aromatic rings. The summed E-state index contributed by atoms with van der Waals surface area (Å²) in [5.41, 5.74) is 6.21. The minimum absolute atomic E-state index is 0.381. The van der Waals surface area contributed by atoms with Gasteiger partial charge in [0.1, 0.15) is 0 Å². The monoisotopic (exact) mass is 219 g/mol. The highest BCUT2D eigenvalue weighted by molar-refractivity contribution is 5.36. The van der Waals surface area contributed by atoms with Gasteiger partial charge in [-0.2, -0.15) is 4.98 Å². The third kappa shape index (κ3) is 1.79. The van der Waals surface area contributed by atoms with E-state index in [-0.39, 0.29) is 5.82 Å². The van der Waals surface area contributed by atoms with E-state index in [0.717, 1.165) is 16.3 Å². The molecule has 5 heteroatoms. The first-order valence-electron chi connectivity index (χ1n) is 4.69. The number of nitrogen functional groups attached to an aromatic ring is 1. The molecule has 0 amide bonds. The molecule has 0 spiro atoms. The Morgan fingerprint density at radius 2 is 1.94 bits per heavy atom. The largest absolute Gasteiger partial charge is 0.381 e. The van der Waals surface area contributed by atoms with Gasteiger partial charge in [0.25, 0.3) is 0 Å². The molecule has 0 aliphatic rings. The third-order valence-electron chi connectivity index (χ3n) is 2.22. The van der Waals surface area contributed by atoms with Gasteiger partial charge in [0.2, 0.25) is 0 Å². The van der Waals surface area contributed by atoms with E-state index in [9.17, 15) is 9.18 Å². The number of rotatable bonds is 1. The Kier molecular flexibility index (Phi) is 2.44. The number of nitrogens with zero attached hydrogens (tertiary/aromatic N) is 2. The van der Waals surface area contributed by atoms with Crippen molar-refractivity contribution in [3.63, 3.8) is 0 Å². The highest BCUT2D eigenvalue weighted by atomic mass is 19.1. The lowest BCUT2D eigenvalue weighted by Gasteiger charge is -2.05. The average Bonchev–Trinajstić information content (AvgIpc) is 2.25. The summed E-state index contributed by atoms with van der Waals surface area (Å²) in [7, 11) is 0. The fourth-order valence-corrected chi connectivity index (χ4v) is 1.34. The summed E-state index contributed by atoms with van der Waals surface area (Å²) in [5, 5.41) is 0. The second-order valence-corrected chi connectivity index (χ2v) is 3.46. The Bertz CT molecular complexity index is 575. The maximum absolute atomic E-state index is 13.2. The summed E-state index contributed by atoms with van der Waals surface area (Å²) in [6, 6.07) is 7.09. The van der Waals surface area contributed by atoms with Crippen LogP contribution in [0.25, 0.3) is 5.69 Å². The number of halogens is 1. The van der Waals surface area contributed by atoms with Crippen LogP contribution in [0.2, 0.25) is 0 Å². The minimum Gasteiger partial charge on any atom is -0.381 e. The molecule has 1 aromatic carbocycles. The predicted molar refractivity (Wildman–Crippen MR) is 58.9 cm³/mol. The first kappa shape index (κ1) is 10.4. The number of aromatic nitrogens is 2. The van der Waals surface area contributed by atoms with E-state index in [1.54, 1.807) is 12.1 Å². The van der Waals surface area contributed by atoms with E-state index < -0.39 is 11.5 Å². The minimum atomic E-state index is -0.708. The van der Waals surface area contributed by atoms with Gasteiger partial charge in [-0.05, 0) is 19.1 Å². The fourth-order valence-electron chi connectivity index (χ4n) is 1.34. The lowest BCUT2D eigenvalue weighted by Crippen LogP contribution is -2.23. The molecule has 0 saturated carbocycles. The molecular formula is C11H10FN3O. The summed E-state index contributed by atoms with van der Waals surface area (Å²) in [6.07, 6.45) is 1.04. The number of hydrogen-bond acceptors (Lipinski definition) is 3. The van der Waals surface area contributed by atoms with Crippen molar-refractivity contribution < 1.29 is 4.39 Å². The Hall–Kier alpha value is -2.17. The highest BCUT2D eigenvalue weighted by Gasteiger charge is 2.06. The zero-order chi connectivity index (χ0) is 11.7. The molecule has 82 valence electrons. The topological polar surface area (TPSA) is 60.9 Å².